The quantitative estimate of drug-likeness (QED) is 0.326. The minimum absolute atomic E-state index is 0.0638. The van der Waals surface area contributed by atoms with Gasteiger partial charge in [-0.2, -0.15) is 15.0 Å². The summed E-state index contributed by atoms with van der Waals surface area (Å²) in [6, 6.07) is 4.71. The maximum atomic E-state index is 14.3. The van der Waals surface area contributed by atoms with E-state index in [1.54, 1.807) is 24.1 Å². The molecule has 2 aliphatic rings. The van der Waals surface area contributed by atoms with E-state index >= 15 is 0 Å². The van der Waals surface area contributed by atoms with Gasteiger partial charge in [0.15, 0.2) is 11.6 Å². The van der Waals surface area contributed by atoms with E-state index in [0.29, 0.717) is 24.1 Å². The Morgan fingerprint density at radius 2 is 1.86 bits per heavy atom. The second-order valence-corrected chi connectivity index (χ2v) is 9.60. The molecular weight excluding hydrogens is 449 g/mol. The largest absolute Gasteiger partial charge is 0.494 e. The first-order chi connectivity index (χ1) is 16.9. The predicted molar refractivity (Wildman–Crippen MR) is 133 cm³/mol. The fourth-order valence-corrected chi connectivity index (χ4v) is 4.98. The van der Waals surface area contributed by atoms with Crippen molar-refractivity contribution in [2.45, 2.75) is 70.3 Å². The Balaban J connectivity index is 1.57. The lowest BCUT2D eigenvalue weighted by Crippen LogP contribution is -2.49. The highest BCUT2D eigenvalue weighted by Crippen LogP contribution is 2.32. The molecule has 1 aliphatic carbocycles. The van der Waals surface area contributed by atoms with Crippen LogP contribution in [0.15, 0.2) is 18.2 Å². The first-order valence-corrected chi connectivity index (χ1v) is 12.5. The SMILES string of the molecule is COc1ccc(Nc2nc(C3CCCCCC3)nc(N(N)C3CCN(CC(C)=O)CC3)n2)cc1F. The van der Waals surface area contributed by atoms with Crippen LogP contribution in [-0.4, -0.2) is 58.4 Å². The molecule has 9 nitrogen and oxygen atoms in total. The smallest absolute Gasteiger partial charge is 0.245 e. The minimum Gasteiger partial charge on any atom is -0.494 e. The molecule has 190 valence electrons. The average molecular weight is 486 g/mol. The van der Waals surface area contributed by atoms with Gasteiger partial charge < -0.3 is 10.1 Å². The number of benzene rings is 1. The van der Waals surface area contributed by atoms with E-state index in [-0.39, 0.29) is 23.5 Å². The Kier molecular flexibility index (Phi) is 8.46. The topological polar surface area (TPSA) is 109 Å². The summed E-state index contributed by atoms with van der Waals surface area (Å²) in [6.07, 6.45) is 8.47. The van der Waals surface area contributed by atoms with E-state index in [1.807, 2.05) is 0 Å². The maximum absolute atomic E-state index is 14.3. The molecule has 0 unspecified atom stereocenters. The van der Waals surface area contributed by atoms with Gasteiger partial charge >= 0.3 is 0 Å². The predicted octanol–water partition coefficient (Wildman–Crippen LogP) is 3.93. The third-order valence-corrected chi connectivity index (χ3v) is 6.90. The summed E-state index contributed by atoms with van der Waals surface area (Å²) in [4.78, 5) is 27.8. The molecule has 1 aromatic carbocycles. The number of carbonyl (C=O) groups excluding carboxylic acids is 1. The van der Waals surface area contributed by atoms with Crippen LogP contribution in [0.5, 0.6) is 5.75 Å². The lowest BCUT2D eigenvalue weighted by atomic mass is 9.99. The molecule has 35 heavy (non-hydrogen) atoms. The number of hydrazine groups is 1. The van der Waals surface area contributed by atoms with Crippen molar-refractivity contribution in [3.8, 4) is 5.75 Å². The number of piperidine rings is 1. The van der Waals surface area contributed by atoms with Crippen LogP contribution in [0.4, 0.5) is 22.0 Å². The fourth-order valence-electron chi connectivity index (χ4n) is 4.98. The van der Waals surface area contributed by atoms with Gasteiger partial charge in [0.05, 0.1) is 19.7 Å². The first kappa shape index (κ1) is 25.2. The van der Waals surface area contributed by atoms with Crippen LogP contribution in [0, 0.1) is 5.82 Å². The van der Waals surface area contributed by atoms with Crippen molar-refractivity contribution in [2.75, 3.05) is 37.1 Å². The summed E-state index contributed by atoms with van der Waals surface area (Å²) in [7, 11) is 1.43. The van der Waals surface area contributed by atoms with Crippen molar-refractivity contribution >= 4 is 23.4 Å². The molecule has 2 aromatic rings. The number of halogens is 1. The van der Waals surface area contributed by atoms with Gasteiger partial charge in [0.2, 0.25) is 11.9 Å². The number of carbonyl (C=O) groups is 1. The van der Waals surface area contributed by atoms with E-state index in [9.17, 15) is 9.18 Å². The molecule has 0 radical (unpaired) electrons. The highest BCUT2D eigenvalue weighted by molar-refractivity contribution is 5.77. The molecule has 1 aliphatic heterocycles. The summed E-state index contributed by atoms with van der Waals surface area (Å²) in [5.41, 5.74) is 0.522. The zero-order valence-electron chi connectivity index (χ0n) is 20.7. The number of rotatable bonds is 8. The van der Waals surface area contributed by atoms with Gasteiger partial charge in [0.25, 0.3) is 0 Å². The van der Waals surface area contributed by atoms with E-state index < -0.39 is 5.82 Å². The van der Waals surface area contributed by atoms with Crippen LogP contribution in [0.25, 0.3) is 0 Å². The van der Waals surface area contributed by atoms with Gasteiger partial charge in [-0.1, -0.05) is 25.7 Å². The second kappa shape index (κ2) is 11.7. The number of ketones is 1. The number of nitrogens with two attached hydrogens (primary N) is 1. The number of methoxy groups -OCH3 is 1. The standard InChI is InChI=1S/C25H36FN7O2/c1-17(34)16-32-13-11-20(12-14-32)33(27)25-30-23(18-7-5-3-4-6-8-18)29-24(31-25)28-19-9-10-22(35-2)21(26)15-19/h9-10,15,18,20H,3-8,11-14,16,27H2,1-2H3,(H,28,29,30,31). The van der Waals surface area contributed by atoms with Crippen LogP contribution in [0.3, 0.4) is 0 Å². The summed E-state index contributed by atoms with van der Waals surface area (Å²) in [6.45, 7) is 3.69. The molecule has 0 amide bonds. The molecule has 1 saturated heterocycles. The number of ether oxygens (including phenoxy) is 1. The Labute approximate surface area is 206 Å². The lowest BCUT2D eigenvalue weighted by Gasteiger charge is -2.36. The summed E-state index contributed by atoms with van der Waals surface area (Å²) in [5.74, 6) is 8.19. The summed E-state index contributed by atoms with van der Waals surface area (Å²) in [5, 5.41) is 4.78. The lowest BCUT2D eigenvalue weighted by molar-refractivity contribution is -0.118. The van der Waals surface area contributed by atoms with Gasteiger partial charge in [0, 0.05) is 30.8 Å². The number of hydrogen-bond donors (Lipinski definition) is 2. The van der Waals surface area contributed by atoms with E-state index in [0.717, 1.165) is 57.4 Å². The number of nitrogens with one attached hydrogen (secondary N) is 1. The highest BCUT2D eigenvalue weighted by atomic mass is 19.1. The van der Waals surface area contributed by atoms with Crippen LogP contribution in [0.2, 0.25) is 0 Å². The summed E-state index contributed by atoms with van der Waals surface area (Å²) >= 11 is 0. The Hall–Kier alpha value is -2.85. The number of hydrogen-bond acceptors (Lipinski definition) is 9. The molecule has 1 saturated carbocycles. The van der Waals surface area contributed by atoms with Crippen LogP contribution in [0.1, 0.15) is 70.0 Å². The molecule has 0 bridgehead atoms. The zero-order chi connectivity index (χ0) is 24.8. The van der Waals surface area contributed by atoms with Gasteiger partial charge in [-0.3, -0.25) is 14.7 Å². The number of anilines is 3. The van der Waals surface area contributed by atoms with Crippen molar-refractivity contribution in [1.82, 2.24) is 19.9 Å². The Bertz CT molecular complexity index is 1010. The molecule has 4 rings (SSSR count). The van der Waals surface area contributed by atoms with Crippen LogP contribution in [-0.2, 0) is 4.79 Å². The number of Topliss-reactive ketones (excluding diaryl/α,β-unsaturated/α-hetero) is 1. The van der Waals surface area contributed by atoms with E-state index in [4.69, 9.17) is 20.5 Å². The number of likely N-dealkylation sites (tertiary alicyclic amines) is 1. The molecule has 10 heteroatoms. The third kappa shape index (κ3) is 6.64. The third-order valence-electron chi connectivity index (χ3n) is 6.90. The summed E-state index contributed by atoms with van der Waals surface area (Å²) < 4.78 is 19.3. The van der Waals surface area contributed by atoms with Crippen molar-refractivity contribution in [3.05, 3.63) is 29.8 Å². The van der Waals surface area contributed by atoms with Crippen LogP contribution < -0.4 is 20.9 Å². The number of nitrogens with zero attached hydrogens (tertiary/aromatic N) is 5. The average Bonchev–Trinajstić information content (AvgIpc) is 3.13. The molecule has 0 atom stereocenters. The van der Waals surface area contributed by atoms with Gasteiger partial charge in [-0.05, 0) is 44.7 Å². The van der Waals surface area contributed by atoms with Crippen LogP contribution >= 0.6 is 0 Å². The second-order valence-electron chi connectivity index (χ2n) is 9.60. The fraction of sp³-hybridized carbons (Fsp3) is 0.600. The maximum Gasteiger partial charge on any atom is 0.245 e. The molecule has 2 fully saturated rings. The molecule has 2 heterocycles. The molecule has 0 spiro atoms. The van der Waals surface area contributed by atoms with E-state index in [2.05, 4.69) is 15.2 Å². The van der Waals surface area contributed by atoms with Crippen molar-refractivity contribution in [3.63, 3.8) is 0 Å². The van der Waals surface area contributed by atoms with Gasteiger partial charge in [-0.25, -0.2) is 10.2 Å². The Morgan fingerprint density at radius 3 is 2.49 bits per heavy atom. The normalized spacial score (nSPS) is 18.2. The molecule has 1 aromatic heterocycles. The molecule has 3 N–H and O–H groups in total. The van der Waals surface area contributed by atoms with Gasteiger partial charge in [0.1, 0.15) is 11.6 Å². The monoisotopic (exact) mass is 485 g/mol. The van der Waals surface area contributed by atoms with E-state index in [1.165, 1.54) is 26.0 Å². The molecular formula is C25H36FN7O2. The zero-order valence-corrected chi connectivity index (χ0v) is 20.7. The van der Waals surface area contributed by atoms with Crippen molar-refractivity contribution in [1.29, 1.82) is 0 Å². The number of aromatic nitrogens is 3. The Morgan fingerprint density at radius 1 is 1.14 bits per heavy atom. The van der Waals surface area contributed by atoms with Crippen molar-refractivity contribution < 1.29 is 13.9 Å². The minimum atomic E-state index is -0.464. The van der Waals surface area contributed by atoms with Crippen molar-refractivity contribution in [2.24, 2.45) is 5.84 Å². The highest BCUT2D eigenvalue weighted by Gasteiger charge is 2.27. The van der Waals surface area contributed by atoms with Gasteiger partial charge in [-0.15, -0.1) is 0 Å². The first-order valence-electron chi connectivity index (χ1n) is 12.5.